The van der Waals surface area contributed by atoms with Crippen LogP contribution in [-0.2, 0) is 0 Å². The van der Waals surface area contributed by atoms with Crippen LogP contribution in [0.1, 0.15) is 45.4 Å². The summed E-state index contributed by atoms with van der Waals surface area (Å²) in [6.07, 6.45) is 8.03. The average Bonchev–Trinajstić information content (AvgIpc) is 2.76. The summed E-state index contributed by atoms with van der Waals surface area (Å²) in [5, 5.41) is 8.95. The van der Waals surface area contributed by atoms with Crippen LogP contribution in [0.15, 0.2) is 0 Å². The van der Waals surface area contributed by atoms with Crippen LogP contribution in [0.2, 0.25) is 0 Å². The van der Waals surface area contributed by atoms with Gasteiger partial charge in [-0.25, -0.2) is 0 Å². The molecule has 1 heterocycles. The van der Waals surface area contributed by atoms with E-state index >= 15 is 0 Å². The molecule has 1 spiro atoms. The topological polar surface area (TPSA) is 27.0 Å². The second-order valence-corrected chi connectivity index (χ2v) is 4.53. The Morgan fingerprint density at radius 3 is 2.46 bits per heavy atom. The normalized spacial score (nSPS) is 29.2. The van der Waals surface area contributed by atoms with Crippen molar-refractivity contribution < 1.29 is 0 Å². The van der Waals surface area contributed by atoms with Crippen LogP contribution in [0, 0.1) is 11.3 Å². The third kappa shape index (κ3) is 1.36. The minimum absolute atomic E-state index is 0.126. The van der Waals surface area contributed by atoms with E-state index in [1.807, 2.05) is 6.92 Å². The Bertz CT molecular complexity index is 217. The van der Waals surface area contributed by atoms with Crippen molar-refractivity contribution in [2.45, 2.75) is 57.0 Å². The first-order valence-electron chi connectivity index (χ1n) is 5.45. The van der Waals surface area contributed by atoms with Crippen molar-refractivity contribution in [1.82, 2.24) is 4.90 Å². The molecule has 0 amide bonds. The molecule has 2 aliphatic rings. The number of nitrogens with zero attached hydrogens (tertiary/aromatic N) is 2. The van der Waals surface area contributed by atoms with Gasteiger partial charge in [0.15, 0.2) is 0 Å². The highest BCUT2D eigenvalue weighted by molar-refractivity contribution is 5.04. The number of hydrogen-bond acceptors (Lipinski definition) is 2. The van der Waals surface area contributed by atoms with Gasteiger partial charge in [-0.05, 0) is 32.6 Å². The molecule has 1 atom stereocenters. The molecule has 0 aromatic rings. The van der Waals surface area contributed by atoms with Gasteiger partial charge < -0.3 is 0 Å². The Balaban J connectivity index is 2.14. The highest BCUT2D eigenvalue weighted by atomic mass is 15.2. The average molecular weight is 178 g/mol. The van der Waals surface area contributed by atoms with Crippen molar-refractivity contribution in [3.05, 3.63) is 0 Å². The zero-order valence-corrected chi connectivity index (χ0v) is 8.42. The third-order valence-electron chi connectivity index (χ3n) is 3.84. The van der Waals surface area contributed by atoms with E-state index in [1.54, 1.807) is 0 Å². The second kappa shape index (κ2) is 3.31. The van der Waals surface area contributed by atoms with Gasteiger partial charge in [0, 0.05) is 12.1 Å². The fourth-order valence-corrected chi connectivity index (χ4v) is 3.20. The molecule has 13 heavy (non-hydrogen) atoms. The quantitative estimate of drug-likeness (QED) is 0.616. The Morgan fingerprint density at radius 1 is 1.23 bits per heavy atom. The Morgan fingerprint density at radius 2 is 1.85 bits per heavy atom. The SMILES string of the molecule is CC(C#N)N1CCCC12CCCC2. The molecule has 0 radical (unpaired) electrons. The summed E-state index contributed by atoms with van der Waals surface area (Å²) >= 11 is 0. The molecule has 0 aromatic carbocycles. The lowest BCUT2D eigenvalue weighted by Crippen LogP contribution is -2.45. The van der Waals surface area contributed by atoms with Crippen molar-refractivity contribution >= 4 is 0 Å². The van der Waals surface area contributed by atoms with E-state index in [1.165, 1.54) is 38.5 Å². The summed E-state index contributed by atoms with van der Waals surface area (Å²) in [4.78, 5) is 2.46. The second-order valence-electron chi connectivity index (χ2n) is 4.53. The van der Waals surface area contributed by atoms with E-state index in [-0.39, 0.29) is 6.04 Å². The van der Waals surface area contributed by atoms with E-state index in [9.17, 15) is 0 Å². The summed E-state index contributed by atoms with van der Waals surface area (Å²) in [7, 11) is 0. The summed E-state index contributed by atoms with van der Waals surface area (Å²) in [6, 6.07) is 2.51. The molecule has 2 nitrogen and oxygen atoms in total. The zero-order chi connectivity index (χ0) is 9.31. The number of rotatable bonds is 1. The molecule has 1 aliphatic carbocycles. The first kappa shape index (κ1) is 9.02. The Labute approximate surface area is 80.5 Å². The first-order chi connectivity index (χ1) is 6.28. The fraction of sp³-hybridized carbons (Fsp3) is 0.909. The van der Waals surface area contributed by atoms with E-state index in [0.717, 1.165) is 6.54 Å². The van der Waals surface area contributed by atoms with Crippen molar-refractivity contribution in [2.75, 3.05) is 6.54 Å². The van der Waals surface area contributed by atoms with Crippen molar-refractivity contribution in [2.24, 2.45) is 0 Å². The Hall–Kier alpha value is -0.550. The summed E-state index contributed by atoms with van der Waals surface area (Å²) in [5.74, 6) is 0. The standard InChI is InChI=1S/C11H18N2/c1-10(9-12)13-8-4-7-11(13)5-2-3-6-11/h10H,2-8H2,1H3. The molecular formula is C11H18N2. The molecule has 1 saturated heterocycles. The lowest BCUT2D eigenvalue weighted by atomic mass is 9.93. The summed E-state index contributed by atoms with van der Waals surface area (Å²) < 4.78 is 0. The third-order valence-corrected chi connectivity index (χ3v) is 3.84. The molecule has 2 heteroatoms. The van der Waals surface area contributed by atoms with Crippen LogP contribution >= 0.6 is 0 Å². The van der Waals surface area contributed by atoms with E-state index in [2.05, 4.69) is 11.0 Å². The smallest absolute Gasteiger partial charge is 0.0953 e. The maximum atomic E-state index is 8.95. The van der Waals surface area contributed by atoms with Gasteiger partial charge in [-0.2, -0.15) is 5.26 Å². The minimum Gasteiger partial charge on any atom is -0.283 e. The van der Waals surface area contributed by atoms with E-state index in [0.29, 0.717) is 5.54 Å². The van der Waals surface area contributed by atoms with Gasteiger partial charge in [-0.1, -0.05) is 12.8 Å². The van der Waals surface area contributed by atoms with Crippen LogP contribution in [0.5, 0.6) is 0 Å². The van der Waals surface area contributed by atoms with Crippen molar-refractivity contribution in [1.29, 1.82) is 5.26 Å². The van der Waals surface area contributed by atoms with Crippen LogP contribution in [0.3, 0.4) is 0 Å². The molecule has 0 N–H and O–H groups in total. The van der Waals surface area contributed by atoms with Crippen LogP contribution in [0.25, 0.3) is 0 Å². The molecular weight excluding hydrogens is 160 g/mol. The van der Waals surface area contributed by atoms with Crippen LogP contribution in [-0.4, -0.2) is 23.0 Å². The predicted octanol–water partition coefficient (Wildman–Crippen LogP) is 2.31. The molecule has 2 fully saturated rings. The number of likely N-dealkylation sites (tertiary alicyclic amines) is 1. The van der Waals surface area contributed by atoms with Crippen molar-refractivity contribution in [3.63, 3.8) is 0 Å². The van der Waals surface area contributed by atoms with E-state index in [4.69, 9.17) is 5.26 Å². The lowest BCUT2D eigenvalue weighted by Gasteiger charge is -2.36. The summed E-state index contributed by atoms with van der Waals surface area (Å²) in [5.41, 5.74) is 0.440. The summed E-state index contributed by atoms with van der Waals surface area (Å²) in [6.45, 7) is 3.19. The fourth-order valence-electron chi connectivity index (χ4n) is 3.20. The molecule has 1 aliphatic heterocycles. The number of hydrogen-bond donors (Lipinski definition) is 0. The van der Waals surface area contributed by atoms with Crippen LogP contribution < -0.4 is 0 Å². The van der Waals surface area contributed by atoms with Gasteiger partial charge in [0.2, 0.25) is 0 Å². The van der Waals surface area contributed by atoms with Gasteiger partial charge in [0.1, 0.15) is 0 Å². The molecule has 1 saturated carbocycles. The highest BCUT2D eigenvalue weighted by Crippen LogP contribution is 2.43. The monoisotopic (exact) mass is 178 g/mol. The van der Waals surface area contributed by atoms with E-state index < -0.39 is 0 Å². The highest BCUT2D eigenvalue weighted by Gasteiger charge is 2.44. The largest absolute Gasteiger partial charge is 0.283 e. The zero-order valence-electron chi connectivity index (χ0n) is 8.42. The molecule has 1 unspecified atom stereocenters. The van der Waals surface area contributed by atoms with Gasteiger partial charge in [-0.15, -0.1) is 0 Å². The molecule has 0 bridgehead atoms. The maximum Gasteiger partial charge on any atom is 0.0953 e. The predicted molar refractivity (Wildman–Crippen MR) is 52.2 cm³/mol. The number of nitriles is 1. The molecule has 0 aromatic heterocycles. The molecule has 2 rings (SSSR count). The first-order valence-corrected chi connectivity index (χ1v) is 5.45. The minimum atomic E-state index is 0.126. The van der Waals surface area contributed by atoms with Crippen LogP contribution in [0.4, 0.5) is 0 Å². The van der Waals surface area contributed by atoms with Gasteiger partial charge in [0.05, 0.1) is 12.1 Å². The van der Waals surface area contributed by atoms with Crippen molar-refractivity contribution in [3.8, 4) is 6.07 Å². The van der Waals surface area contributed by atoms with Gasteiger partial charge >= 0.3 is 0 Å². The van der Waals surface area contributed by atoms with Gasteiger partial charge in [0.25, 0.3) is 0 Å². The Kier molecular flexibility index (Phi) is 2.29. The maximum absolute atomic E-state index is 8.95. The molecule has 72 valence electrons. The van der Waals surface area contributed by atoms with Gasteiger partial charge in [-0.3, -0.25) is 4.90 Å². The lowest BCUT2D eigenvalue weighted by molar-refractivity contribution is 0.123.